The molecule has 0 aromatic carbocycles. The SMILES string of the molecule is CCC(C)CC(C)CCCCCCCCC(=O)N[C@@H](C[C@@H](O)CNC(=O)C1CCCN1C)C(=O)NC(CC)C(=O)N1CCCC1C=O. The number of nitrogens with zero attached hydrogens (tertiary/aromatic N) is 2. The number of aliphatic hydroxyl groups excluding tert-OH is 1. The van der Waals surface area contributed by atoms with Gasteiger partial charge in [-0.15, -0.1) is 0 Å². The molecule has 0 aliphatic carbocycles. The zero-order chi connectivity index (χ0) is 34.8. The Bertz CT molecular complexity index is 980. The second kappa shape index (κ2) is 22.2. The summed E-state index contributed by atoms with van der Waals surface area (Å²) >= 11 is 0. The van der Waals surface area contributed by atoms with Crippen molar-refractivity contribution in [3.8, 4) is 0 Å². The van der Waals surface area contributed by atoms with Crippen LogP contribution in [0.15, 0.2) is 0 Å². The number of likely N-dealkylation sites (N-methyl/N-ethyl adjacent to an activating group) is 1. The van der Waals surface area contributed by atoms with Crippen molar-refractivity contribution in [2.45, 2.75) is 161 Å². The molecule has 0 radical (unpaired) electrons. The van der Waals surface area contributed by atoms with Crippen LogP contribution < -0.4 is 16.0 Å². The van der Waals surface area contributed by atoms with Crippen molar-refractivity contribution >= 4 is 29.9 Å². The molecule has 2 heterocycles. The Kier molecular flexibility index (Phi) is 19.2. The number of unbranched alkanes of at least 4 members (excludes halogenated alkanes) is 5. The van der Waals surface area contributed by atoms with E-state index in [0.29, 0.717) is 25.8 Å². The summed E-state index contributed by atoms with van der Waals surface area (Å²) in [7, 11) is 1.89. The van der Waals surface area contributed by atoms with Crippen LogP contribution in [-0.4, -0.2) is 102 Å². The van der Waals surface area contributed by atoms with Crippen LogP contribution in [0.5, 0.6) is 0 Å². The van der Waals surface area contributed by atoms with Gasteiger partial charge < -0.3 is 30.8 Å². The highest BCUT2D eigenvalue weighted by Gasteiger charge is 2.35. The van der Waals surface area contributed by atoms with Crippen LogP contribution in [0.4, 0.5) is 0 Å². The molecule has 11 nitrogen and oxygen atoms in total. The minimum atomic E-state index is -1.08. The zero-order valence-corrected chi connectivity index (χ0v) is 29.9. The predicted molar refractivity (Wildman–Crippen MR) is 184 cm³/mol. The van der Waals surface area contributed by atoms with Gasteiger partial charge in [0.1, 0.15) is 18.4 Å². The minimum Gasteiger partial charge on any atom is -0.391 e. The van der Waals surface area contributed by atoms with Gasteiger partial charge in [0.05, 0.1) is 18.2 Å². The fourth-order valence-corrected chi connectivity index (χ4v) is 6.91. The molecular formula is C36H65N5O6. The molecule has 11 heteroatoms. The minimum absolute atomic E-state index is 0.0514. The molecule has 0 bridgehead atoms. The van der Waals surface area contributed by atoms with E-state index < -0.39 is 30.1 Å². The maximum Gasteiger partial charge on any atom is 0.245 e. The molecule has 0 spiro atoms. The summed E-state index contributed by atoms with van der Waals surface area (Å²) in [5, 5.41) is 19.1. The van der Waals surface area contributed by atoms with Crippen molar-refractivity contribution in [2.75, 3.05) is 26.7 Å². The van der Waals surface area contributed by atoms with Gasteiger partial charge in [0.2, 0.25) is 23.6 Å². The van der Waals surface area contributed by atoms with E-state index in [0.717, 1.165) is 63.2 Å². The number of carbonyl (C=O) groups excluding carboxylic acids is 5. The van der Waals surface area contributed by atoms with Crippen molar-refractivity contribution in [1.82, 2.24) is 25.8 Å². The van der Waals surface area contributed by atoms with E-state index in [4.69, 9.17) is 0 Å². The fourth-order valence-electron chi connectivity index (χ4n) is 6.91. The van der Waals surface area contributed by atoms with Gasteiger partial charge in [-0.25, -0.2) is 0 Å². The first kappa shape index (κ1) is 40.6. The number of nitrogens with one attached hydrogen (secondary N) is 3. The third-order valence-corrected chi connectivity index (χ3v) is 10.1. The smallest absolute Gasteiger partial charge is 0.245 e. The summed E-state index contributed by atoms with van der Waals surface area (Å²) in [6.07, 6.45) is 13.3. The van der Waals surface area contributed by atoms with Crippen LogP contribution >= 0.6 is 0 Å². The zero-order valence-electron chi connectivity index (χ0n) is 29.9. The Morgan fingerprint density at radius 1 is 0.851 bits per heavy atom. The number of hydrogen-bond acceptors (Lipinski definition) is 7. The van der Waals surface area contributed by atoms with E-state index in [9.17, 15) is 29.1 Å². The van der Waals surface area contributed by atoms with Crippen LogP contribution in [0.2, 0.25) is 0 Å². The Hall–Kier alpha value is -2.53. The summed E-state index contributed by atoms with van der Waals surface area (Å²) in [6, 6.07) is -2.67. The lowest BCUT2D eigenvalue weighted by atomic mass is 9.91. The van der Waals surface area contributed by atoms with Gasteiger partial charge in [-0.05, 0) is 70.4 Å². The standard InChI is InChI=1S/C36H65N5O6/c1-6-26(3)22-27(4)16-12-10-8-9-11-13-19-33(44)38-31(23-29(43)24-37-35(46)32-18-15-20-40(32)5)34(45)39-30(7-2)36(47)41-21-14-17-28(41)25-42/h25-32,43H,6-24H2,1-5H3,(H,37,46)(H,38,44)(H,39,45)/t26?,27?,28?,29-,30?,31+,32?/m1/s1. The molecular weight excluding hydrogens is 598 g/mol. The van der Waals surface area contributed by atoms with Crippen LogP contribution in [0.3, 0.4) is 0 Å². The molecule has 2 rings (SSSR count). The number of hydrogen-bond donors (Lipinski definition) is 4. The van der Waals surface area contributed by atoms with E-state index in [-0.39, 0.29) is 43.1 Å². The first-order valence-electron chi connectivity index (χ1n) is 18.5. The van der Waals surface area contributed by atoms with Crippen molar-refractivity contribution in [2.24, 2.45) is 11.8 Å². The predicted octanol–water partition coefficient (Wildman–Crippen LogP) is 3.71. The topological polar surface area (TPSA) is 148 Å². The molecule has 0 saturated carbocycles. The number of aliphatic hydroxyl groups is 1. The van der Waals surface area contributed by atoms with Gasteiger partial charge in [0.15, 0.2) is 0 Å². The second-order valence-corrected chi connectivity index (χ2v) is 14.3. The molecule has 2 saturated heterocycles. The first-order valence-corrected chi connectivity index (χ1v) is 18.5. The van der Waals surface area contributed by atoms with Crippen LogP contribution in [0.25, 0.3) is 0 Å². The molecule has 5 unspecified atom stereocenters. The van der Waals surface area contributed by atoms with Crippen molar-refractivity contribution < 1.29 is 29.1 Å². The molecule has 2 fully saturated rings. The normalized spacial score (nSPS) is 21.4. The van der Waals surface area contributed by atoms with Crippen LogP contribution in [-0.2, 0) is 24.0 Å². The van der Waals surface area contributed by atoms with Gasteiger partial charge in [-0.1, -0.05) is 72.6 Å². The largest absolute Gasteiger partial charge is 0.391 e. The van der Waals surface area contributed by atoms with Crippen LogP contribution in [0, 0.1) is 11.8 Å². The highest BCUT2D eigenvalue weighted by Crippen LogP contribution is 2.21. The Morgan fingerprint density at radius 3 is 2.17 bits per heavy atom. The number of amides is 4. The van der Waals surface area contributed by atoms with E-state index in [2.05, 4.69) is 36.7 Å². The quantitative estimate of drug-likeness (QED) is 0.0963. The van der Waals surface area contributed by atoms with Crippen molar-refractivity contribution in [1.29, 1.82) is 0 Å². The third kappa shape index (κ3) is 14.6. The highest BCUT2D eigenvalue weighted by atomic mass is 16.3. The first-order chi connectivity index (χ1) is 22.5. The highest BCUT2D eigenvalue weighted by molar-refractivity contribution is 5.93. The Morgan fingerprint density at radius 2 is 1.53 bits per heavy atom. The van der Waals surface area contributed by atoms with E-state index in [1.54, 1.807) is 6.92 Å². The van der Waals surface area contributed by atoms with Gasteiger partial charge >= 0.3 is 0 Å². The Labute approximate surface area is 283 Å². The van der Waals surface area contributed by atoms with E-state index in [1.165, 1.54) is 37.0 Å². The maximum atomic E-state index is 13.5. The number of carbonyl (C=O) groups is 5. The third-order valence-electron chi connectivity index (χ3n) is 10.1. The van der Waals surface area contributed by atoms with Gasteiger partial charge in [-0.3, -0.25) is 24.1 Å². The number of likely N-dealkylation sites (tertiary alicyclic amines) is 2. The monoisotopic (exact) mass is 663 g/mol. The van der Waals surface area contributed by atoms with Crippen molar-refractivity contribution in [3.05, 3.63) is 0 Å². The molecule has 7 atom stereocenters. The number of aldehydes is 1. The lowest BCUT2D eigenvalue weighted by molar-refractivity contribution is -0.139. The summed E-state index contributed by atoms with van der Waals surface area (Å²) in [5.74, 6) is 0.218. The molecule has 0 aromatic rings. The molecule has 2 aliphatic heterocycles. The van der Waals surface area contributed by atoms with Gasteiger partial charge in [0, 0.05) is 25.9 Å². The molecule has 47 heavy (non-hydrogen) atoms. The molecule has 4 amide bonds. The number of rotatable bonds is 23. The van der Waals surface area contributed by atoms with Gasteiger partial charge in [-0.2, -0.15) is 0 Å². The molecule has 270 valence electrons. The molecule has 4 N–H and O–H groups in total. The molecule has 0 aromatic heterocycles. The average Bonchev–Trinajstić information content (AvgIpc) is 3.71. The average molecular weight is 664 g/mol. The summed E-state index contributed by atoms with van der Waals surface area (Å²) in [6.45, 7) is 9.95. The molecule has 2 aliphatic rings. The summed E-state index contributed by atoms with van der Waals surface area (Å²) in [4.78, 5) is 67.2. The van der Waals surface area contributed by atoms with Crippen molar-refractivity contribution in [3.63, 3.8) is 0 Å². The fraction of sp³-hybridized carbons (Fsp3) is 0.861. The van der Waals surface area contributed by atoms with E-state index >= 15 is 0 Å². The Balaban J connectivity index is 1.87. The van der Waals surface area contributed by atoms with E-state index in [1.807, 2.05) is 11.9 Å². The summed E-state index contributed by atoms with van der Waals surface area (Å²) < 4.78 is 0. The maximum absolute atomic E-state index is 13.5. The van der Waals surface area contributed by atoms with Crippen LogP contribution in [0.1, 0.15) is 130 Å². The lowest BCUT2D eigenvalue weighted by Crippen LogP contribution is -2.56. The van der Waals surface area contributed by atoms with Gasteiger partial charge in [0.25, 0.3) is 0 Å². The second-order valence-electron chi connectivity index (χ2n) is 14.3. The lowest BCUT2D eigenvalue weighted by Gasteiger charge is -2.28. The summed E-state index contributed by atoms with van der Waals surface area (Å²) in [5.41, 5.74) is 0.